The Labute approximate surface area is 174 Å². The van der Waals surface area contributed by atoms with Gasteiger partial charge in [0, 0.05) is 40.3 Å². The lowest BCUT2D eigenvalue weighted by molar-refractivity contribution is 1.29. The van der Waals surface area contributed by atoms with Crippen LogP contribution in [0.1, 0.15) is 5.56 Å². The molecular formula is C25H21N5. The van der Waals surface area contributed by atoms with Crippen LogP contribution in [0.15, 0.2) is 85.2 Å². The fourth-order valence-corrected chi connectivity index (χ4v) is 3.43. The van der Waals surface area contributed by atoms with Crippen molar-refractivity contribution >= 4 is 5.69 Å². The van der Waals surface area contributed by atoms with Gasteiger partial charge in [-0.25, -0.2) is 9.97 Å². The van der Waals surface area contributed by atoms with Gasteiger partial charge in [-0.2, -0.15) is 0 Å². The van der Waals surface area contributed by atoms with E-state index in [0.29, 0.717) is 0 Å². The third-order valence-corrected chi connectivity index (χ3v) is 5.12. The Morgan fingerprint density at radius 1 is 0.633 bits per heavy atom. The van der Waals surface area contributed by atoms with Gasteiger partial charge in [-0.1, -0.05) is 60.2 Å². The van der Waals surface area contributed by atoms with Gasteiger partial charge in [-0.05, 0) is 25.1 Å². The largest absolute Gasteiger partial charge is 0.399 e. The van der Waals surface area contributed by atoms with Crippen LogP contribution in [0.2, 0.25) is 0 Å². The highest BCUT2D eigenvalue weighted by molar-refractivity contribution is 5.71. The second kappa shape index (κ2) is 7.37. The monoisotopic (exact) mass is 391 g/mol. The Bertz CT molecular complexity index is 1200. The van der Waals surface area contributed by atoms with Crippen LogP contribution in [0, 0.1) is 6.92 Å². The summed E-state index contributed by atoms with van der Waals surface area (Å²) in [6.45, 7) is 2.08. The van der Waals surface area contributed by atoms with E-state index in [2.05, 4.69) is 47.2 Å². The predicted molar refractivity (Wildman–Crippen MR) is 122 cm³/mol. The summed E-state index contributed by atoms with van der Waals surface area (Å²) in [5.41, 5.74) is 13.7. The van der Waals surface area contributed by atoms with Crippen molar-refractivity contribution in [1.29, 1.82) is 0 Å². The molecule has 0 bridgehead atoms. The maximum absolute atomic E-state index is 5.78. The highest BCUT2D eigenvalue weighted by Gasteiger charge is 2.10. The number of hydrogen-bond donors (Lipinski definition) is 3. The second-order valence-electron chi connectivity index (χ2n) is 7.34. The van der Waals surface area contributed by atoms with Crippen LogP contribution in [0.25, 0.3) is 45.3 Å². The molecule has 2 heterocycles. The fourth-order valence-electron chi connectivity index (χ4n) is 3.43. The van der Waals surface area contributed by atoms with E-state index in [9.17, 15) is 0 Å². The first-order valence-corrected chi connectivity index (χ1v) is 9.80. The number of benzene rings is 3. The van der Waals surface area contributed by atoms with Gasteiger partial charge in [0.2, 0.25) is 0 Å². The Morgan fingerprint density at radius 3 is 1.67 bits per heavy atom. The Balaban J connectivity index is 1.44. The van der Waals surface area contributed by atoms with Crippen molar-refractivity contribution in [2.75, 3.05) is 5.73 Å². The summed E-state index contributed by atoms with van der Waals surface area (Å²) >= 11 is 0. The zero-order valence-corrected chi connectivity index (χ0v) is 16.6. The molecule has 0 aliphatic carbocycles. The topological polar surface area (TPSA) is 83.4 Å². The quantitative estimate of drug-likeness (QED) is 0.344. The molecule has 0 aliphatic rings. The van der Waals surface area contributed by atoms with E-state index in [1.54, 1.807) is 0 Å². The van der Waals surface area contributed by atoms with Crippen molar-refractivity contribution < 1.29 is 0 Å². The molecule has 30 heavy (non-hydrogen) atoms. The summed E-state index contributed by atoms with van der Waals surface area (Å²) in [4.78, 5) is 16.1. The van der Waals surface area contributed by atoms with Crippen LogP contribution < -0.4 is 5.73 Å². The Hall–Kier alpha value is -4.12. The summed E-state index contributed by atoms with van der Waals surface area (Å²) in [6, 6.07) is 24.3. The van der Waals surface area contributed by atoms with Gasteiger partial charge < -0.3 is 15.7 Å². The lowest BCUT2D eigenvalue weighted by atomic mass is 10.1. The molecule has 5 nitrogen and oxygen atoms in total. The van der Waals surface area contributed by atoms with Crippen molar-refractivity contribution in [3.05, 3.63) is 90.8 Å². The number of nitrogens with one attached hydrogen (secondary N) is 2. The molecule has 5 aromatic rings. The summed E-state index contributed by atoms with van der Waals surface area (Å²) in [5.74, 6) is 1.65. The molecule has 146 valence electrons. The van der Waals surface area contributed by atoms with Crippen molar-refractivity contribution in [1.82, 2.24) is 19.9 Å². The number of H-pyrrole nitrogens is 2. The van der Waals surface area contributed by atoms with Crippen LogP contribution in [-0.2, 0) is 0 Å². The minimum atomic E-state index is 0.741. The molecule has 0 saturated carbocycles. The van der Waals surface area contributed by atoms with Crippen LogP contribution in [0.4, 0.5) is 5.69 Å². The summed E-state index contributed by atoms with van der Waals surface area (Å²) in [5, 5.41) is 0. The molecule has 2 aromatic heterocycles. The smallest absolute Gasteiger partial charge is 0.138 e. The van der Waals surface area contributed by atoms with Gasteiger partial charge in [0.05, 0.1) is 11.4 Å². The van der Waals surface area contributed by atoms with Crippen LogP contribution in [0.5, 0.6) is 0 Å². The van der Waals surface area contributed by atoms with E-state index in [1.165, 1.54) is 5.56 Å². The molecular weight excluding hydrogens is 370 g/mol. The number of nitrogens with two attached hydrogens (primary N) is 1. The number of imidazole rings is 2. The second-order valence-corrected chi connectivity index (χ2v) is 7.34. The average Bonchev–Trinajstić information content (AvgIpc) is 3.45. The van der Waals surface area contributed by atoms with Gasteiger partial charge in [-0.3, -0.25) is 0 Å². The number of anilines is 1. The van der Waals surface area contributed by atoms with E-state index < -0.39 is 0 Å². The summed E-state index contributed by atoms with van der Waals surface area (Å²) < 4.78 is 0. The van der Waals surface area contributed by atoms with Crippen molar-refractivity contribution in [2.24, 2.45) is 0 Å². The van der Waals surface area contributed by atoms with E-state index in [-0.39, 0.29) is 0 Å². The highest BCUT2D eigenvalue weighted by Crippen LogP contribution is 2.27. The fraction of sp³-hybridized carbons (Fsp3) is 0.0400. The van der Waals surface area contributed by atoms with Crippen molar-refractivity contribution in [3.63, 3.8) is 0 Å². The van der Waals surface area contributed by atoms with Gasteiger partial charge in [0.25, 0.3) is 0 Å². The van der Waals surface area contributed by atoms with Gasteiger partial charge in [-0.15, -0.1) is 0 Å². The first-order chi connectivity index (χ1) is 14.7. The van der Waals surface area contributed by atoms with E-state index >= 15 is 0 Å². The standard InChI is InChI=1S/C25H21N5/c1-16-5-7-17(8-6-16)22-14-27-24(29-22)19-3-2-4-20(13-19)25-28-15-23(30-25)18-9-11-21(26)12-10-18/h2-15H,26H2,1H3,(H,27,29)(H,28,30). The van der Waals surface area contributed by atoms with E-state index in [4.69, 9.17) is 15.7 Å². The normalized spacial score (nSPS) is 11.0. The SMILES string of the molecule is Cc1ccc(-c2c[nH]c(-c3cccc(-c4nc(-c5ccc(N)cc5)c[nH]4)c3)n2)cc1. The lowest BCUT2D eigenvalue weighted by Gasteiger charge is -2.01. The molecule has 0 spiro atoms. The molecule has 0 aliphatic heterocycles. The minimum Gasteiger partial charge on any atom is -0.399 e. The zero-order valence-electron chi connectivity index (χ0n) is 16.6. The number of rotatable bonds is 4. The third-order valence-electron chi connectivity index (χ3n) is 5.12. The van der Waals surface area contributed by atoms with Crippen molar-refractivity contribution in [3.8, 4) is 45.3 Å². The molecule has 0 unspecified atom stereocenters. The van der Waals surface area contributed by atoms with Crippen LogP contribution >= 0.6 is 0 Å². The highest BCUT2D eigenvalue weighted by atomic mass is 14.9. The van der Waals surface area contributed by atoms with Crippen molar-refractivity contribution in [2.45, 2.75) is 6.92 Å². The first-order valence-electron chi connectivity index (χ1n) is 9.80. The summed E-state index contributed by atoms with van der Waals surface area (Å²) in [7, 11) is 0. The third kappa shape index (κ3) is 3.49. The van der Waals surface area contributed by atoms with E-state index in [0.717, 1.165) is 51.0 Å². The molecule has 0 radical (unpaired) electrons. The number of hydrogen-bond acceptors (Lipinski definition) is 3. The lowest BCUT2D eigenvalue weighted by Crippen LogP contribution is -1.86. The molecule has 4 N–H and O–H groups in total. The van der Waals surface area contributed by atoms with Gasteiger partial charge >= 0.3 is 0 Å². The molecule has 5 heteroatoms. The van der Waals surface area contributed by atoms with E-state index in [1.807, 2.05) is 54.9 Å². The molecule has 3 aromatic carbocycles. The zero-order chi connectivity index (χ0) is 20.5. The average molecular weight is 391 g/mol. The minimum absolute atomic E-state index is 0.741. The van der Waals surface area contributed by atoms with Crippen LogP contribution in [-0.4, -0.2) is 19.9 Å². The molecule has 0 saturated heterocycles. The Morgan fingerprint density at radius 2 is 1.13 bits per heavy atom. The summed E-state index contributed by atoms with van der Waals surface area (Å²) in [6.07, 6.45) is 3.86. The number of nitrogens with zero attached hydrogens (tertiary/aromatic N) is 2. The molecule has 0 atom stereocenters. The maximum Gasteiger partial charge on any atom is 0.138 e. The van der Waals surface area contributed by atoms with Crippen LogP contribution in [0.3, 0.4) is 0 Å². The van der Waals surface area contributed by atoms with Gasteiger partial charge in [0.15, 0.2) is 0 Å². The Kier molecular flexibility index (Phi) is 4.41. The maximum atomic E-state index is 5.78. The number of aromatic nitrogens is 4. The number of aromatic amines is 2. The molecule has 0 amide bonds. The first kappa shape index (κ1) is 17.9. The van der Waals surface area contributed by atoms with Gasteiger partial charge in [0.1, 0.15) is 11.6 Å². The predicted octanol–water partition coefficient (Wildman–Crippen LogP) is 5.69. The molecule has 0 fully saturated rings. The molecule has 5 rings (SSSR count). The number of aryl methyl sites for hydroxylation is 1. The number of nitrogen functional groups attached to an aromatic ring is 1.